The Balaban J connectivity index is 1.90. The van der Waals surface area contributed by atoms with E-state index in [1.807, 2.05) is 44.2 Å². The van der Waals surface area contributed by atoms with E-state index >= 15 is 0 Å². The highest BCUT2D eigenvalue weighted by molar-refractivity contribution is 7.99. The van der Waals surface area contributed by atoms with Crippen molar-refractivity contribution >= 4 is 40.1 Å². The van der Waals surface area contributed by atoms with Gasteiger partial charge in [0.15, 0.2) is 5.69 Å². The maximum atomic E-state index is 13.4. The van der Waals surface area contributed by atoms with E-state index < -0.39 is 11.2 Å². The number of nitrogen functional groups attached to an aromatic ring is 1. The lowest BCUT2D eigenvalue weighted by molar-refractivity contribution is -0.116. The Morgan fingerprint density at radius 3 is 2.62 bits per heavy atom. The summed E-state index contributed by atoms with van der Waals surface area (Å²) in [4.78, 5) is 46.9. The second-order valence-corrected chi connectivity index (χ2v) is 9.33. The second kappa shape index (κ2) is 11.9. The molecule has 182 valence electrons. The van der Waals surface area contributed by atoms with Crippen molar-refractivity contribution in [1.29, 1.82) is 0 Å². The Kier molecular flexibility index (Phi) is 8.92. The predicted molar refractivity (Wildman–Crippen MR) is 140 cm³/mol. The average molecular weight is 484 g/mol. The number of anilines is 2. The molecule has 2 heterocycles. The number of thioether (sulfide) groups is 1. The maximum Gasteiger partial charge on any atom is 0.330 e. The fourth-order valence-electron chi connectivity index (χ4n) is 3.86. The predicted octanol–water partition coefficient (Wildman–Crippen LogP) is 4.09. The maximum absolute atomic E-state index is 13.4. The largest absolute Gasteiger partial charge is 0.383 e. The van der Waals surface area contributed by atoms with Crippen LogP contribution in [-0.2, 0) is 11.3 Å². The average Bonchev–Trinajstić information content (AvgIpc) is 2.81. The molecule has 9 heteroatoms. The first-order valence-electron chi connectivity index (χ1n) is 11.8. The van der Waals surface area contributed by atoms with Crippen LogP contribution in [-0.4, -0.2) is 32.7 Å². The third kappa shape index (κ3) is 5.88. The highest BCUT2D eigenvalue weighted by Gasteiger charge is 2.24. The van der Waals surface area contributed by atoms with Gasteiger partial charge in [-0.25, -0.2) is 9.78 Å². The zero-order valence-electron chi connectivity index (χ0n) is 20.1. The molecule has 3 rings (SSSR count). The van der Waals surface area contributed by atoms with Gasteiger partial charge in [-0.1, -0.05) is 63.1 Å². The van der Waals surface area contributed by atoms with E-state index in [0.717, 1.165) is 53.6 Å². The van der Waals surface area contributed by atoms with Crippen molar-refractivity contribution in [2.75, 3.05) is 22.9 Å². The van der Waals surface area contributed by atoms with Crippen molar-refractivity contribution in [1.82, 2.24) is 14.5 Å². The van der Waals surface area contributed by atoms with Crippen molar-refractivity contribution in [2.45, 2.75) is 64.4 Å². The molecule has 0 bridgehead atoms. The van der Waals surface area contributed by atoms with Gasteiger partial charge in [-0.05, 0) is 37.5 Å². The molecule has 1 aromatic carbocycles. The number of nitrogens with two attached hydrogens (primary N) is 1. The van der Waals surface area contributed by atoms with Gasteiger partial charge >= 0.3 is 5.69 Å². The highest BCUT2D eigenvalue weighted by atomic mass is 32.2. The van der Waals surface area contributed by atoms with Crippen molar-refractivity contribution in [3.8, 4) is 0 Å². The number of nitrogens with zero attached hydrogens (tertiary/aromatic N) is 3. The number of pyridine rings is 1. The standard InChI is InChI=1S/C25H33N5O3S/c1-4-6-10-14-29(22-23(26)30(13-7-5-2)25(33)28-24(22)32)21(31)16-34-20-15-17(3)18-11-8-9-12-19(18)27-20/h8-9,11-12,15H,4-7,10,13-14,16,26H2,1-3H3,(H,28,32,33). The van der Waals surface area contributed by atoms with E-state index in [2.05, 4.69) is 16.9 Å². The molecule has 0 atom stereocenters. The highest BCUT2D eigenvalue weighted by Crippen LogP contribution is 2.25. The van der Waals surface area contributed by atoms with Crippen molar-refractivity contribution < 1.29 is 4.79 Å². The number of para-hydroxylation sites is 1. The topological polar surface area (TPSA) is 114 Å². The van der Waals surface area contributed by atoms with Gasteiger partial charge in [0.1, 0.15) is 5.82 Å². The minimum atomic E-state index is -0.634. The number of fused-ring (bicyclic) bond motifs is 1. The van der Waals surface area contributed by atoms with E-state index in [1.54, 1.807) is 0 Å². The first kappa shape index (κ1) is 25.6. The molecule has 2 aromatic heterocycles. The van der Waals surface area contributed by atoms with Crippen LogP contribution >= 0.6 is 11.8 Å². The van der Waals surface area contributed by atoms with Gasteiger partial charge in [0.25, 0.3) is 5.56 Å². The van der Waals surface area contributed by atoms with Crippen LogP contribution in [0.15, 0.2) is 44.9 Å². The molecule has 0 aliphatic heterocycles. The molecule has 1 amide bonds. The van der Waals surface area contributed by atoms with Crippen LogP contribution in [0.2, 0.25) is 0 Å². The third-order valence-electron chi connectivity index (χ3n) is 5.75. The van der Waals surface area contributed by atoms with Crippen LogP contribution in [0.5, 0.6) is 0 Å². The number of hydrogen-bond acceptors (Lipinski definition) is 6. The lowest BCUT2D eigenvalue weighted by Gasteiger charge is -2.24. The number of hydrogen-bond donors (Lipinski definition) is 2. The fourth-order valence-corrected chi connectivity index (χ4v) is 4.71. The summed E-state index contributed by atoms with van der Waals surface area (Å²) in [7, 11) is 0. The Morgan fingerprint density at radius 2 is 1.88 bits per heavy atom. The van der Waals surface area contributed by atoms with Crippen LogP contribution in [0.4, 0.5) is 11.5 Å². The molecule has 0 spiro atoms. The molecule has 0 radical (unpaired) electrons. The number of aryl methyl sites for hydroxylation is 1. The molecule has 0 saturated heterocycles. The van der Waals surface area contributed by atoms with E-state index in [1.165, 1.54) is 21.2 Å². The summed E-state index contributed by atoms with van der Waals surface area (Å²) in [6.45, 7) is 6.84. The van der Waals surface area contributed by atoms with Gasteiger partial charge in [-0.3, -0.25) is 19.1 Å². The monoisotopic (exact) mass is 483 g/mol. The molecule has 0 fully saturated rings. The van der Waals surface area contributed by atoms with Gasteiger partial charge in [0.2, 0.25) is 5.91 Å². The lowest BCUT2D eigenvalue weighted by Crippen LogP contribution is -2.42. The number of aromatic nitrogens is 3. The molecule has 8 nitrogen and oxygen atoms in total. The summed E-state index contributed by atoms with van der Waals surface area (Å²) in [5.41, 5.74) is 7.12. The molecule has 34 heavy (non-hydrogen) atoms. The summed E-state index contributed by atoms with van der Waals surface area (Å²) in [6.07, 6.45) is 4.22. The zero-order valence-corrected chi connectivity index (χ0v) is 20.9. The van der Waals surface area contributed by atoms with Crippen LogP contribution in [0.1, 0.15) is 51.5 Å². The molecular weight excluding hydrogens is 450 g/mol. The molecule has 3 N–H and O–H groups in total. The number of rotatable bonds is 11. The van der Waals surface area contributed by atoms with E-state index in [4.69, 9.17) is 5.73 Å². The van der Waals surface area contributed by atoms with Gasteiger partial charge in [0.05, 0.1) is 16.3 Å². The van der Waals surface area contributed by atoms with Gasteiger partial charge in [-0.2, -0.15) is 0 Å². The number of H-pyrrole nitrogens is 1. The number of benzene rings is 1. The first-order chi connectivity index (χ1) is 16.4. The minimum absolute atomic E-state index is 0.0386. The number of carbonyl (C=O) groups excluding carboxylic acids is 1. The van der Waals surface area contributed by atoms with Crippen molar-refractivity contribution in [3.05, 3.63) is 56.7 Å². The Hall–Kier alpha value is -3.07. The summed E-state index contributed by atoms with van der Waals surface area (Å²) in [5.74, 6) is -0.104. The summed E-state index contributed by atoms with van der Waals surface area (Å²) < 4.78 is 1.35. The normalized spacial score (nSPS) is 11.1. The summed E-state index contributed by atoms with van der Waals surface area (Å²) >= 11 is 1.33. The third-order valence-corrected chi connectivity index (χ3v) is 6.64. The lowest BCUT2D eigenvalue weighted by atomic mass is 10.1. The van der Waals surface area contributed by atoms with Crippen LogP contribution in [0.25, 0.3) is 10.9 Å². The summed E-state index contributed by atoms with van der Waals surface area (Å²) in [6, 6.07) is 9.85. The number of nitrogens with one attached hydrogen (secondary N) is 1. The Bertz CT molecular complexity index is 1270. The molecule has 0 aliphatic rings. The fraction of sp³-hybridized carbons (Fsp3) is 0.440. The summed E-state index contributed by atoms with van der Waals surface area (Å²) in [5, 5.41) is 1.82. The van der Waals surface area contributed by atoms with E-state index in [9.17, 15) is 14.4 Å². The van der Waals surface area contributed by atoms with Gasteiger partial charge in [0, 0.05) is 18.5 Å². The number of amides is 1. The van der Waals surface area contributed by atoms with Crippen molar-refractivity contribution in [3.63, 3.8) is 0 Å². The quantitative estimate of drug-likeness (QED) is 0.314. The van der Waals surface area contributed by atoms with Gasteiger partial charge < -0.3 is 10.6 Å². The van der Waals surface area contributed by atoms with E-state index in [0.29, 0.717) is 13.1 Å². The van der Waals surface area contributed by atoms with Crippen LogP contribution in [0, 0.1) is 6.92 Å². The van der Waals surface area contributed by atoms with Crippen molar-refractivity contribution in [2.24, 2.45) is 0 Å². The SMILES string of the molecule is CCCCCN(C(=O)CSc1cc(C)c2ccccc2n1)c1c(N)n(CCCC)c(=O)[nH]c1=O. The van der Waals surface area contributed by atoms with Gasteiger partial charge in [-0.15, -0.1) is 0 Å². The smallest absolute Gasteiger partial charge is 0.330 e. The minimum Gasteiger partial charge on any atom is -0.383 e. The number of carbonyl (C=O) groups is 1. The van der Waals surface area contributed by atoms with E-state index in [-0.39, 0.29) is 23.2 Å². The molecule has 0 unspecified atom stereocenters. The van der Waals surface area contributed by atoms with Crippen LogP contribution < -0.4 is 21.9 Å². The molecule has 0 aliphatic carbocycles. The second-order valence-electron chi connectivity index (χ2n) is 8.33. The van der Waals surface area contributed by atoms with Crippen LogP contribution in [0.3, 0.4) is 0 Å². The Morgan fingerprint density at radius 1 is 1.15 bits per heavy atom. The number of aromatic amines is 1. The first-order valence-corrected chi connectivity index (χ1v) is 12.8. The number of unbranched alkanes of at least 4 members (excludes halogenated alkanes) is 3. The zero-order chi connectivity index (χ0) is 24.7. The molecule has 0 saturated carbocycles. The Labute approximate surface area is 203 Å². The molecular formula is C25H33N5O3S. The molecule has 3 aromatic rings.